The fourth-order valence-electron chi connectivity index (χ4n) is 2.03. The molecule has 0 unspecified atom stereocenters. The van der Waals surface area contributed by atoms with Gasteiger partial charge in [0.2, 0.25) is 0 Å². The third kappa shape index (κ3) is 4.83. The Hall–Kier alpha value is -1.01. The lowest BCUT2D eigenvalue weighted by Gasteiger charge is -2.30. The van der Waals surface area contributed by atoms with Crippen molar-refractivity contribution in [3.05, 3.63) is 35.6 Å². The zero-order valence-electron chi connectivity index (χ0n) is 11.8. The number of aliphatic hydroxyl groups is 2. The molecule has 1 aromatic rings. The molecule has 0 atom stereocenters. The van der Waals surface area contributed by atoms with Crippen molar-refractivity contribution in [2.24, 2.45) is 0 Å². The van der Waals surface area contributed by atoms with Gasteiger partial charge in [-0.1, -0.05) is 12.1 Å². The minimum atomic E-state index is -0.872. The van der Waals surface area contributed by atoms with Gasteiger partial charge in [0.1, 0.15) is 5.82 Å². The molecule has 0 heterocycles. The van der Waals surface area contributed by atoms with E-state index in [0.717, 1.165) is 6.42 Å². The van der Waals surface area contributed by atoms with Gasteiger partial charge in [-0.15, -0.1) is 0 Å². The molecule has 1 aromatic carbocycles. The molecule has 4 nitrogen and oxygen atoms in total. The number of benzene rings is 1. The summed E-state index contributed by atoms with van der Waals surface area (Å²) in [5.74, 6) is -0.380. The van der Waals surface area contributed by atoms with E-state index < -0.39 is 5.41 Å². The van der Waals surface area contributed by atoms with Gasteiger partial charge in [0.05, 0.1) is 13.2 Å². The van der Waals surface area contributed by atoms with E-state index in [0.29, 0.717) is 31.8 Å². The van der Waals surface area contributed by atoms with Crippen molar-refractivity contribution in [3.8, 4) is 0 Å². The molecule has 0 saturated carbocycles. The highest BCUT2D eigenvalue weighted by Crippen LogP contribution is 2.28. The first kappa shape index (κ1) is 17.0. The van der Waals surface area contributed by atoms with Crippen molar-refractivity contribution in [3.63, 3.8) is 0 Å². The van der Waals surface area contributed by atoms with Gasteiger partial charge in [0, 0.05) is 32.3 Å². The number of methoxy groups -OCH3 is 1. The molecule has 0 amide bonds. The van der Waals surface area contributed by atoms with Crippen LogP contribution < -0.4 is 0 Å². The molecule has 2 N–H and O–H groups in total. The number of hydrogen-bond acceptors (Lipinski definition) is 4. The zero-order chi connectivity index (χ0) is 14.8. The van der Waals surface area contributed by atoms with Crippen LogP contribution in [0.15, 0.2) is 24.3 Å². The van der Waals surface area contributed by atoms with Crippen LogP contribution >= 0.6 is 0 Å². The number of hydrogen-bond donors (Lipinski definition) is 2. The zero-order valence-corrected chi connectivity index (χ0v) is 11.8. The standard InChI is InChI=1S/C15H23FO4/c1-19-7-3-8-20-9-6-15(11-17,12-18)13-4-2-5-14(16)10-13/h2,4-5,10,17-18H,3,6-9,11-12H2,1H3. The molecule has 1 rings (SSSR count). The van der Waals surface area contributed by atoms with Crippen LogP contribution in [0.25, 0.3) is 0 Å². The first-order valence-electron chi connectivity index (χ1n) is 6.73. The van der Waals surface area contributed by atoms with Crippen molar-refractivity contribution >= 4 is 0 Å². The second-order valence-electron chi connectivity index (χ2n) is 4.82. The smallest absolute Gasteiger partial charge is 0.123 e. The molecule has 5 heteroatoms. The molecule has 0 radical (unpaired) electrons. The molecule has 0 bridgehead atoms. The van der Waals surface area contributed by atoms with Gasteiger partial charge in [0.25, 0.3) is 0 Å². The van der Waals surface area contributed by atoms with E-state index in [1.807, 2.05) is 0 Å². The molecule has 114 valence electrons. The third-order valence-corrected chi connectivity index (χ3v) is 3.40. The monoisotopic (exact) mass is 286 g/mol. The molecule has 20 heavy (non-hydrogen) atoms. The van der Waals surface area contributed by atoms with Crippen molar-refractivity contribution in [2.75, 3.05) is 40.1 Å². The summed E-state index contributed by atoms with van der Waals surface area (Å²) in [7, 11) is 1.63. The fraction of sp³-hybridized carbons (Fsp3) is 0.600. The Morgan fingerprint density at radius 3 is 2.50 bits per heavy atom. The van der Waals surface area contributed by atoms with Gasteiger partial charge >= 0.3 is 0 Å². The van der Waals surface area contributed by atoms with Crippen LogP contribution in [0.2, 0.25) is 0 Å². The summed E-state index contributed by atoms with van der Waals surface area (Å²) in [6, 6.07) is 5.96. The van der Waals surface area contributed by atoms with Gasteiger partial charge < -0.3 is 19.7 Å². The van der Waals surface area contributed by atoms with E-state index in [1.54, 1.807) is 19.2 Å². The Labute approximate surface area is 119 Å². The average molecular weight is 286 g/mol. The maximum atomic E-state index is 13.3. The topological polar surface area (TPSA) is 58.9 Å². The van der Waals surface area contributed by atoms with E-state index in [-0.39, 0.29) is 19.0 Å². The molecule has 0 aliphatic rings. The van der Waals surface area contributed by atoms with E-state index in [2.05, 4.69) is 0 Å². The molecule has 0 aromatic heterocycles. The lowest BCUT2D eigenvalue weighted by molar-refractivity contribution is 0.0546. The van der Waals surface area contributed by atoms with Crippen LogP contribution in [0.3, 0.4) is 0 Å². The van der Waals surface area contributed by atoms with Gasteiger partial charge in [0.15, 0.2) is 0 Å². The Morgan fingerprint density at radius 1 is 1.15 bits per heavy atom. The van der Waals surface area contributed by atoms with E-state index >= 15 is 0 Å². The normalized spacial score (nSPS) is 11.8. The van der Waals surface area contributed by atoms with Crippen LogP contribution in [-0.4, -0.2) is 50.4 Å². The maximum Gasteiger partial charge on any atom is 0.123 e. The molecule has 0 saturated heterocycles. The Balaban J connectivity index is 2.58. The quantitative estimate of drug-likeness (QED) is 0.640. The van der Waals surface area contributed by atoms with Gasteiger partial charge in [-0.2, -0.15) is 0 Å². The van der Waals surface area contributed by atoms with Gasteiger partial charge in [-0.3, -0.25) is 0 Å². The highest BCUT2D eigenvalue weighted by molar-refractivity contribution is 5.26. The van der Waals surface area contributed by atoms with Crippen molar-refractivity contribution in [2.45, 2.75) is 18.3 Å². The molecular weight excluding hydrogens is 263 g/mol. The summed E-state index contributed by atoms with van der Waals surface area (Å²) in [6.45, 7) is 1.07. The summed E-state index contributed by atoms with van der Waals surface area (Å²) in [5, 5.41) is 19.2. The van der Waals surface area contributed by atoms with E-state index in [4.69, 9.17) is 9.47 Å². The molecular formula is C15H23FO4. The van der Waals surface area contributed by atoms with Crippen molar-refractivity contribution in [1.29, 1.82) is 0 Å². The Kier molecular flexibility index (Phi) is 7.69. The minimum absolute atomic E-state index is 0.256. The lowest BCUT2D eigenvalue weighted by Crippen LogP contribution is -2.36. The van der Waals surface area contributed by atoms with Crippen molar-refractivity contribution in [1.82, 2.24) is 0 Å². The summed E-state index contributed by atoms with van der Waals surface area (Å²) in [5.41, 5.74) is -0.286. The largest absolute Gasteiger partial charge is 0.395 e. The third-order valence-electron chi connectivity index (χ3n) is 3.40. The van der Waals surface area contributed by atoms with Gasteiger partial charge in [-0.25, -0.2) is 4.39 Å². The lowest BCUT2D eigenvalue weighted by atomic mass is 9.79. The second kappa shape index (κ2) is 9.02. The van der Waals surface area contributed by atoms with Crippen LogP contribution in [0.4, 0.5) is 4.39 Å². The van der Waals surface area contributed by atoms with Crippen LogP contribution in [-0.2, 0) is 14.9 Å². The average Bonchev–Trinajstić information content (AvgIpc) is 2.47. The number of halogens is 1. The highest BCUT2D eigenvalue weighted by atomic mass is 19.1. The summed E-state index contributed by atoms with van der Waals surface area (Å²) in [4.78, 5) is 0. The number of aliphatic hydroxyl groups excluding tert-OH is 2. The summed E-state index contributed by atoms with van der Waals surface area (Å²) < 4.78 is 23.7. The predicted octanol–water partition coefficient (Wildman–Crippen LogP) is 1.49. The van der Waals surface area contributed by atoms with Crippen LogP contribution in [0.1, 0.15) is 18.4 Å². The van der Waals surface area contributed by atoms with Crippen molar-refractivity contribution < 1.29 is 24.1 Å². The predicted molar refractivity (Wildman–Crippen MR) is 74.2 cm³/mol. The SMILES string of the molecule is COCCCOCCC(CO)(CO)c1cccc(F)c1. The maximum absolute atomic E-state index is 13.3. The Morgan fingerprint density at radius 2 is 1.90 bits per heavy atom. The Bertz CT molecular complexity index is 380. The first-order valence-corrected chi connectivity index (χ1v) is 6.73. The first-order chi connectivity index (χ1) is 9.68. The van der Waals surface area contributed by atoms with E-state index in [1.165, 1.54) is 12.1 Å². The van der Waals surface area contributed by atoms with E-state index in [9.17, 15) is 14.6 Å². The fourth-order valence-corrected chi connectivity index (χ4v) is 2.03. The number of rotatable bonds is 10. The number of ether oxygens (including phenoxy) is 2. The molecule has 0 fully saturated rings. The highest BCUT2D eigenvalue weighted by Gasteiger charge is 2.31. The molecule has 0 aliphatic heterocycles. The summed E-state index contributed by atoms with van der Waals surface area (Å²) in [6.07, 6.45) is 1.22. The minimum Gasteiger partial charge on any atom is -0.395 e. The van der Waals surface area contributed by atoms with Gasteiger partial charge in [-0.05, 0) is 30.5 Å². The molecule has 0 aliphatic carbocycles. The second-order valence-corrected chi connectivity index (χ2v) is 4.82. The van der Waals surface area contributed by atoms with Crippen LogP contribution in [0.5, 0.6) is 0 Å². The van der Waals surface area contributed by atoms with Crippen LogP contribution in [0, 0.1) is 5.82 Å². The summed E-state index contributed by atoms with van der Waals surface area (Å²) >= 11 is 0. The molecule has 0 spiro atoms.